The lowest BCUT2D eigenvalue weighted by Gasteiger charge is -2.21. The van der Waals surface area contributed by atoms with Crippen LogP contribution in [0.5, 0.6) is 0 Å². The molecule has 1 aliphatic carbocycles. The molecule has 0 aliphatic heterocycles. The summed E-state index contributed by atoms with van der Waals surface area (Å²) in [6.07, 6.45) is 4.29. The molecule has 2 aromatic rings. The number of hydrogen-bond acceptors (Lipinski definition) is 4. The Morgan fingerprint density at radius 2 is 1.96 bits per heavy atom. The summed E-state index contributed by atoms with van der Waals surface area (Å²) in [5.41, 5.74) is 0.711. The summed E-state index contributed by atoms with van der Waals surface area (Å²) in [6, 6.07) is 7.64. The molecule has 1 aliphatic rings. The van der Waals surface area contributed by atoms with Gasteiger partial charge in [0.1, 0.15) is 0 Å². The van der Waals surface area contributed by atoms with Gasteiger partial charge in [0.05, 0.1) is 16.2 Å². The van der Waals surface area contributed by atoms with Crippen LogP contribution in [0.3, 0.4) is 0 Å². The molecule has 1 saturated carbocycles. The van der Waals surface area contributed by atoms with Gasteiger partial charge in [-0.3, -0.25) is 14.2 Å². The number of hydrogen-bond donors (Lipinski definition) is 0. The zero-order valence-corrected chi connectivity index (χ0v) is 15.2. The van der Waals surface area contributed by atoms with Gasteiger partial charge in [0.15, 0.2) is 5.16 Å². The van der Waals surface area contributed by atoms with Crippen LogP contribution in [0, 0.1) is 0 Å². The molecule has 0 saturated heterocycles. The lowest BCUT2D eigenvalue weighted by molar-refractivity contribution is -0.127. The Bertz CT molecular complexity index is 810. The number of fused-ring (bicyclic) bond motifs is 1. The van der Waals surface area contributed by atoms with E-state index in [0.29, 0.717) is 16.1 Å². The first kappa shape index (κ1) is 17.0. The van der Waals surface area contributed by atoms with Gasteiger partial charge in [-0.15, -0.1) is 0 Å². The third-order valence-electron chi connectivity index (χ3n) is 4.54. The second-order valence-corrected chi connectivity index (χ2v) is 7.83. The highest BCUT2D eigenvalue weighted by Crippen LogP contribution is 2.33. The third kappa shape index (κ3) is 3.20. The van der Waals surface area contributed by atoms with E-state index in [2.05, 4.69) is 0 Å². The highest BCUT2D eigenvalue weighted by molar-refractivity contribution is 8.00. The highest BCUT2D eigenvalue weighted by atomic mass is 32.2. The van der Waals surface area contributed by atoms with Crippen LogP contribution in [0.25, 0.3) is 10.9 Å². The van der Waals surface area contributed by atoms with Crippen LogP contribution in [-0.4, -0.2) is 39.7 Å². The summed E-state index contributed by atoms with van der Waals surface area (Å²) in [5, 5.41) is 1.04. The van der Waals surface area contributed by atoms with E-state index in [0.717, 1.165) is 25.7 Å². The average molecular weight is 345 g/mol. The second kappa shape index (κ2) is 6.97. The van der Waals surface area contributed by atoms with Crippen molar-refractivity contribution >= 4 is 28.6 Å². The number of carbonyl (C=O) groups is 1. The smallest absolute Gasteiger partial charge is 0.262 e. The standard InChI is InChI=1S/C18H23N3O2S/c1-12(16(22)20(2)3)24-18-19-15-11-7-6-10-14(15)17(23)21(18)13-8-4-5-9-13/h6-7,10-13H,4-5,8-9H2,1-3H3. The topological polar surface area (TPSA) is 55.2 Å². The monoisotopic (exact) mass is 345 g/mol. The van der Waals surface area contributed by atoms with E-state index >= 15 is 0 Å². The molecule has 1 atom stereocenters. The zero-order chi connectivity index (χ0) is 17.3. The molecule has 24 heavy (non-hydrogen) atoms. The first-order chi connectivity index (χ1) is 11.5. The predicted octanol–water partition coefficient (Wildman–Crippen LogP) is 3.08. The van der Waals surface area contributed by atoms with Crippen LogP contribution < -0.4 is 5.56 Å². The quantitative estimate of drug-likeness (QED) is 0.631. The van der Waals surface area contributed by atoms with Gasteiger partial charge in [-0.1, -0.05) is 36.7 Å². The number of thioether (sulfide) groups is 1. The summed E-state index contributed by atoms with van der Waals surface area (Å²) in [5.74, 6) is 0.0281. The molecule has 0 radical (unpaired) electrons. The number of aromatic nitrogens is 2. The molecule has 1 heterocycles. The first-order valence-electron chi connectivity index (χ1n) is 8.38. The SMILES string of the molecule is CC(Sc1nc2ccccc2c(=O)n1C1CCCC1)C(=O)N(C)C. The van der Waals surface area contributed by atoms with Crippen molar-refractivity contribution in [2.24, 2.45) is 0 Å². The normalized spacial score (nSPS) is 16.5. The lowest BCUT2D eigenvalue weighted by atomic mass is 10.2. The van der Waals surface area contributed by atoms with Gasteiger partial charge in [-0.05, 0) is 31.9 Å². The Kier molecular flexibility index (Phi) is 4.94. The van der Waals surface area contributed by atoms with Crippen LogP contribution in [-0.2, 0) is 4.79 Å². The first-order valence-corrected chi connectivity index (χ1v) is 9.26. The molecular formula is C18H23N3O2S. The maximum atomic E-state index is 13.0. The predicted molar refractivity (Wildman–Crippen MR) is 97.5 cm³/mol. The molecule has 0 bridgehead atoms. The van der Waals surface area contributed by atoms with Gasteiger partial charge in [0.25, 0.3) is 5.56 Å². The molecular weight excluding hydrogens is 322 g/mol. The molecule has 5 nitrogen and oxygen atoms in total. The van der Waals surface area contributed by atoms with E-state index in [-0.39, 0.29) is 22.8 Å². The van der Waals surface area contributed by atoms with Gasteiger partial charge in [-0.25, -0.2) is 4.98 Å². The number of nitrogens with zero attached hydrogens (tertiary/aromatic N) is 3. The number of para-hydroxylation sites is 1. The van der Waals surface area contributed by atoms with Crippen molar-refractivity contribution in [2.75, 3.05) is 14.1 Å². The van der Waals surface area contributed by atoms with Crippen LogP contribution in [0.1, 0.15) is 38.6 Å². The number of rotatable bonds is 4. The van der Waals surface area contributed by atoms with Crippen molar-refractivity contribution in [3.8, 4) is 0 Å². The van der Waals surface area contributed by atoms with E-state index in [1.165, 1.54) is 11.8 Å². The minimum atomic E-state index is -0.277. The number of carbonyl (C=O) groups excluding carboxylic acids is 1. The zero-order valence-electron chi connectivity index (χ0n) is 14.4. The molecule has 0 spiro atoms. The molecule has 128 valence electrons. The fourth-order valence-corrected chi connectivity index (χ4v) is 4.39. The summed E-state index contributed by atoms with van der Waals surface area (Å²) < 4.78 is 1.83. The van der Waals surface area contributed by atoms with Crippen molar-refractivity contribution in [3.05, 3.63) is 34.6 Å². The maximum absolute atomic E-state index is 13.0. The summed E-state index contributed by atoms with van der Waals surface area (Å²) in [7, 11) is 3.49. The third-order valence-corrected chi connectivity index (χ3v) is 5.59. The molecule has 1 fully saturated rings. The fraction of sp³-hybridized carbons (Fsp3) is 0.500. The van der Waals surface area contributed by atoms with Gasteiger partial charge in [0, 0.05) is 20.1 Å². The van der Waals surface area contributed by atoms with E-state index in [1.54, 1.807) is 19.0 Å². The van der Waals surface area contributed by atoms with Crippen LogP contribution in [0.15, 0.2) is 34.2 Å². The average Bonchev–Trinajstić information content (AvgIpc) is 3.08. The minimum Gasteiger partial charge on any atom is -0.348 e. The number of amides is 1. The molecule has 3 rings (SSSR count). The Morgan fingerprint density at radius 3 is 2.62 bits per heavy atom. The van der Waals surface area contributed by atoms with Crippen LogP contribution in [0.4, 0.5) is 0 Å². The Morgan fingerprint density at radius 1 is 1.29 bits per heavy atom. The van der Waals surface area contributed by atoms with Crippen molar-refractivity contribution in [2.45, 2.75) is 49.1 Å². The van der Waals surface area contributed by atoms with Gasteiger partial charge in [-0.2, -0.15) is 0 Å². The van der Waals surface area contributed by atoms with Gasteiger partial charge in [0.2, 0.25) is 5.91 Å². The summed E-state index contributed by atoms with van der Waals surface area (Å²) >= 11 is 1.38. The van der Waals surface area contributed by atoms with Crippen LogP contribution >= 0.6 is 11.8 Å². The number of benzene rings is 1. The Labute approximate surface area is 146 Å². The van der Waals surface area contributed by atoms with Crippen molar-refractivity contribution in [1.29, 1.82) is 0 Å². The van der Waals surface area contributed by atoms with Gasteiger partial charge >= 0.3 is 0 Å². The second-order valence-electron chi connectivity index (χ2n) is 6.52. The molecule has 1 aromatic heterocycles. The highest BCUT2D eigenvalue weighted by Gasteiger charge is 2.25. The van der Waals surface area contributed by atoms with Crippen molar-refractivity contribution in [1.82, 2.24) is 14.5 Å². The van der Waals surface area contributed by atoms with E-state index in [1.807, 2.05) is 35.8 Å². The molecule has 0 N–H and O–H groups in total. The summed E-state index contributed by atoms with van der Waals surface area (Å²) in [6.45, 7) is 1.87. The largest absolute Gasteiger partial charge is 0.348 e. The fourth-order valence-electron chi connectivity index (χ4n) is 3.27. The van der Waals surface area contributed by atoms with Crippen molar-refractivity contribution in [3.63, 3.8) is 0 Å². The minimum absolute atomic E-state index is 0.0134. The Balaban J connectivity index is 2.09. The van der Waals surface area contributed by atoms with E-state index < -0.39 is 0 Å². The molecule has 1 amide bonds. The van der Waals surface area contributed by atoms with E-state index in [9.17, 15) is 9.59 Å². The van der Waals surface area contributed by atoms with Crippen molar-refractivity contribution < 1.29 is 4.79 Å². The van der Waals surface area contributed by atoms with E-state index in [4.69, 9.17) is 4.98 Å². The molecule has 1 unspecified atom stereocenters. The van der Waals surface area contributed by atoms with Crippen LogP contribution in [0.2, 0.25) is 0 Å². The molecule has 1 aromatic carbocycles. The summed E-state index contributed by atoms with van der Waals surface area (Å²) in [4.78, 5) is 31.6. The maximum Gasteiger partial charge on any atom is 0.262 e. The lowest BCUT2D eigenvalue weighted by Crippen LogP contribution is -2.31. The molecule has 6 heteroatoms. The Hall–Kier alpha value is -1.82. The van der Waals surface area contributed by atoms with Gasteiger partial charge < -0.3 is 4.90 Å².